The second-order valence-corrected chi connectivity index (χ2v) is 3.56. The van der Waals surface area contributed by atoms with E-state index in [-0.39, 0.29) is 12.4 Å². The molecular weight excluding hydrogens is 132 g/mol. The average molecular weight is 147 g/mol. The molecule has 2 fully saturated rings. The SMILES string of the molecule is C1CCC2(CC1)CC2.Cl. The molecule has 0 heterocycles. The van der Waals surface area contributed by atoms with Crippen LogP contribution < -0.4 is 0 Å². The molecule has 2 saturated carbocycles. The first-order chi connectivity index (χ1) is 3.91. The van der Waals surface area contributed by atoms with Gasteiger partial charge in [0.25, 0.3) is 0 Å². The maximum atomic E-state index is 1.56. The lowest BCUT2D eigenvalue weighted by atomic mass is 9.87. The van der Waals surface area contributed by atoms with Crippen molar-refractivity contribution in [3.8, 4) is 0 Å². The number of halogens is 1. The summed E-state index contributed by atoms with van der Waals surface area (Å²) in [6.45, 7) is 0. The van der Waals surface area contributed by atoms with E-state index in [4.69, 9.17) is 0 Å². The fourth-order valence-electron chi connectivity index (χ4n) is 1.98. The molecule has 0 N–H and O–H groups in total. The smallest absolute Gasteiger partial charge is 0.0297 e. The predicted octanol–water partition coefficient (Wildman–Crippen LogP) is 3.15. The zero-order valence-electron chi connectivity index (χ0n) is 5.86. The predicted molar refractivity (Wildman–Crippen MR) is 42.0 cm³/mol. The molecule has 0 aromatic heterocycles. The Balaban J connectivity index is 0.000000405. The Hall–Kier alpha value is 0.290. The van der Waals surface area contributed by atoms with Crippen molar-refractivity contribution in [2.45, 2.75) is 44.9 Å². The summed E-state index contributed by atoms with van der Waals surface area (Å²) in [5, 5.41) is 0. The molecule has 0 radical (unpaired) electrons. The molecule has 0 aromatic rings. The van der Waals surface area contributed by atoms with Crippen molar-refractivity contribution in [2.75, 3.05) is 0 Å². The monoisotopic (exact) mass is 146 g/mol. The minimum absolute atomic E-state index is 0. The van der Waals surface area contributed by atoms with E-state index >= 15 is 0 Å². The standard InChI is InChI=1S/C8H14.ClH/c1-2-4-8(5-3-1)6-7-8;/h1-7H2;1H. The molecule has 0 amide bonds. The molecule has 1 spiro atoms. The maximum absolute atomic E-state index is 1.56. The fourth-order valence-corrected chi connectivity index (χ4v) is 1.98. The van der Waals surface area contributed by atoms with E-state index in [1.807, 2.05) is 0 Å². The Bertz CT molecular complexity index is 86.7. The molecule has 0 saturated heterocycles. The Labute approximate surface area is 63.4 Å². The van der Waals surface area contributed by atoms with Crippen molar-refractivity contribution < 1.29 is 0 Å². The van der Waals surface area contributed by atoms with Crippen LogP contribution in [0.2, 0.25) is 0 Å². The highest BCUT2D eigenvalue weighted by atomic mass is 35.5. The number of hydrogen-bond acceptors (Lipinski definition) is 0. The second-order valence-electron chi connectivity index (χ2n) is 3.56. The highest BCUT2D eigenvalue weighted by Gasteiger charge is 2.42. The second kappa shape index (κ2) is 2.49. The van der Waals surface area contributed by atoms with Crippen molar-refractivity contribution in [1.82, 2.24) is 0 Å². The van der Waals surface area contributed by atoms with Gasteiger partial charge in [0.15, 0.2) is 0 Å². The molecular formula is C8H15Cl. The zero-order valence-corrected chi connectivity index (χ0v) is 6.67. The van der Waals surface area contributed by atoms with Gasteiger partial charge in [-0.3, -0.25) is 0 Å². The van der Waals surface area contributed by atoms with Crippen LogP contribution in [0.5, 0.6) is 0 Å². The third-order valence-electron chi connectivity index (χ3n) is 2.87. The molecule has 0 unspecified atom stereocenters. The van der Waals surface area contributed by atoms with Crippen LogP contribution in [0.3, 0.4) is 0 Å². The van der Waals surface area contributed by atoms with Gasteiger partial charge >= 0.3 is 0 Å². The molecule has 0 atom stereocenters. The van der Waals surface area contributed by atoms with Crippen LogP contribution in [0, 0.1) is 5.41 Å². The topological polar surface area (TPSA) is 0 Å². The first-order valence-corrected chi connectivity index (χ1v) is 3.91. The van der Waals surface area contributed by atoms with Gasteiger partial charge < -0.3 is 0 Å². The van der Waals surface area contributed by atoms with Gasteiger partial charge in [-0.2, -0.15) is 0 Å². The molecule has 2 aliphatic carbocycles. The van der Waals surface area contributed by atoms with Gasteiger partial charge in [0.1, 0.15) is 0 Å². The summed E-state index contributed by atoms with van der Waals surface area (Å²) < 4.78 is 0. The summed E-state index contributed by atoms with van der Waals surface area (Å²) in [5.41, 5.74) is 0.929. The average Bonchev–Trinajstić information content (AvgIpc) is 2.52. The Morgan fingerprint density at radius 1 is 0.667 bits per heavy atom. The molecule has 0 aromatic carbocycles. The lowest BCUT2D eigenvalue weighted by Crippen LogP contribution is -2.05. The van der Waals surface area contributed by atoms with Crippen LogP contribution in [0.4, 0.5) is 0 Å². The van der Waals surface area contributed by atoms with Crippen molar-refractivity contribution in [1.29, 1.82) is 0 Å². The molecule has 0 aliphatic heterocycles. The largest absolute Gasteiger partial charge is 0.147 e. The van der Waals surface area contributed by atoms with Crippen molar-refractivity contribution in [2.24, 2.45) is 5.41 Å². The first kappa shape index (κ1) is 7.40. The normalized spacial score (nSPS) is 29.3. The lowest BCUT2D eigenvalue weighted by molar-refractivity contribution is 0.337. The molecule has 0 bridgehead atoms. The minimum atomic E-state index is 0. The first-order valence-electron chi connectivity index (χ1n) is 3.91. The minimum Gasteiger partial charge on any atom is -0.147 e. The summed E-state index contributed by atoms with van der Waals surface area (Å²) in [5.74, 6) is 0. The van der Waals surface area contributed by atoms with Gasteiger partial charge in [-0.25, -0.2) is 0 Å². The lowest BCUT2D eigenvalue weighted by Gasteiger charge is -2.19. The van der Waals surface area contributed by atoms with Gasteiger partial charge in [0, 0.05) is 0 Å². The zero-order chi connectivity index (χ0) is 5.45. The van der Waals surface area contributed by atoms with Crippen molar-refractivity contribution >= 4 is 12.4 Å². The van der Waals surface area contributed by atoms with Crippen LogP contribution in [0.25, 0.3) is 0 Å². The van der Waals surface area contributed by atoms with E-state index in [1.165, 1.54) is 19.3 Å². The van der Waals surface area contributed by atoms with E-state index in [1.54, 1.807) is 25.7 Å². The van der Waals surface area contributed by atoms with E-state index in [2.05, 4.69) is 0 Å². The summed E-state index contributed by atoms with van der Waals surface area (Å²) >= 11 is 0. The van der Waals surface area contributed by atoms with Gasteiger partial charge in [0.2, 0.25) is 0 Å². The third-order valence-corrected chi connectivity index (χ3v) is 2.87. The highest BCUT2D eigenvalue weighted by molar-refractivity contribution is 5.85. The van der Waals surface area contributed by atoms with Gasteiger partial charge in [-0.15, -0.1) is 12.4 Å². The maximum Gasteiger partial charge on any atom is -0.0297 e. The van der Waals surface area contributed by atoms with Gasteiger partial charge in [-0.05, 0) is 31.1 Å². The van der Waals surface area contributed by atoms with Crippen LogP contribution in [-0.4, -0.2) is 0 Å². The summed E-state index contributed by atoms with van der Waals surface area (Å²) in [6, 6.07) is 0. The number of rotatable bonds is 0. The fraction of sp³-hybridized carbons (Fsp3) is 1.00. The summed E-state index contributed by atoms with van der Waals surface area (Å²) in [7, 11) is 0. The molecule has 54 valence electrons. The van der Waals surface area contributed by atoms with E-state index < -0.39 is 0 Å². The van der Waals surface area contributed by atoms with Gasteiger partial charge in [0.05, 0.1) is 0 Å². The Kier molecular flexibility index (Phi) is 2.05. The van der Waals surface area contributed by atoms with Crippen LogP contribution in [-0.2, 0) is 0 Å². The summed E-state index contributed by atoms with van der Waals surface area (Å²) in [6.07, 6.45) is 10.8. The quantitative estimate of drug-likeness (QED) is 0.493. The van der Waals surface area contributed by atoms with E-state index in [9.17, 15) is 0 Å². The molecule has 0 nitrogen and oxygen atoms in total. The summed E-state index contributed by atoms with van der Waals surface area (Å²) in [4.78, 5) is 0. The Morgan fingerprint density at radius 3 is 1.56 bits per heavy atom. The number of hydrogen-bond donors (Lipinski definition) is 0. The van der Waals surface area contributed by atoms with Crippen LogP contribution in [0.15, 0.2) is 0 Å². The molecule has 2 aliphatic rings. The van der Waals surface area contributed by atoms with Gasteiger partial charge in [-0.1, -0.05) is 19.3 Å². The molecule has 9 heavy (non-hydrogen) atoms. The van der Waals surface area contributed by atoms with E-state index in [0.717, 1.165) is 5.41 Å². The van der Waals surface area contributed by atoms with Crippen molar-refractivity contribution in [3.05, 3.63) is 0 Å². The Morgan fingerprint density at radius 2 is 1.22 bits per heavy atom. The third kappa shape index (κ3) is 1.40. The highest BCUT2D eigenvalue weighted by Crippen LogP contribution is 2.55. The molecule has 1 heteroatoms. The van der Waals surface area contributed by atoms with Crippen LogP contribution in [0.1, 0.15) is 44.9 Å². The van der Waals surface area contributed by atoms with E-state index in [0.29, 0.717) is 0 Å². The molecule has 2 rings (SSSR count). The van der Waals surface area contributed by atoms with Crippen LogP contribution >= 0.6 is 12.4 Å². The van der Waals surface area contributed by atoms with Crippen molar-refractivity contribution in [3.63, 3.8) is 0 Å².